The second-order valence-corrected chi connectivity index (χ2v) is 8.17. The number of amides is 1. The Labute approximate surface area is 154 Å². The van der Waals surface area contributed by atoms with Crippen LogP contribution in [0.5, 0.6) is 0 Å². The summed E-state index contributed by atoms with van der Waals surface area (Å²) in [5.74, 6) is 0.204. The first-order chi connectivity index (χ1) is 12.7. The van der Waals surface area contributed by atoms with Crippen molar-refractivity contribution in [3.8, 4) is 0 Å². The van der Waals surface area contributed by atoms with Crippen LogP contribution in [-0.4, -0.2) is 84.5 Å². The van der Waals surface area contributed by atoms with Crippen molar-refractivity contribution in [2.45, 2.75) is 37.4 Å². The van der Waals surface area contributed by atoms with Crippen molar-refractivity contribution in [3.05, 3.63) is 30.1 Å². The van der Waals surface area contributed by atoms with E-state index in [0.717, 1.165) is 57.9 Å². The smallest absolute Gasteiger partial charge is 0.240 e. The Hall–Kier alpha value is -1.66. The molecule has 3 saturated heterocycles. The van der Waals surface area contributed by atoms with Crippen molar-refractivity contribution in [1.82, 2.24) is 14.7 Å². The maximum absolute atomic E-state index is 13.1. The van der Waals surface area contributed by atoms with Gasteiger partial charge >= 0.3 is 0 Å². The molecule has 6 heteroatoms. The van der Waals surface area contributed by atoms with E-state index in [9.17, 15) is 9.18 Å². The molecule has 1 unspecified atom stereocenters. The Balaban J connectivity index is 1.10. The summed E-state index contributed by atoms with van der Waals surface area (Å²) in [6.07, 6.45) is 3.43. The normalized spacial score (nSPS) is 28.7. The lowest BCUT2D eigenvalue weighted by Crippen LogP contribution is -2.66. The van der Waals surface area contributed by atoms with Gasteiger partial charge in [0.2, 0.25) is 5.91 Å². The average Bonchev–Trinajstić information content (AvgIpc) is 3.39. The molecule has 26 heavy (non-hydrogen) atoms. The fourth-order valence-corrected chi connectivity index (χ4v) is 4.74. The summed E-state index contributed by atoms with van der Waals surface area (Å²) in [5.41, 5.74) is 1.11. The molecule has 140 valence electrons. The van der Waals surface area contributed by atoms with Gasteiger partial charge in [-0.05, 0) is 43.5 Å². The quantitative estimate of drug-likeness (QED) is 0.814. The molecule has 1 amide bonds. The van der Waals surface area contributed by atoms with Crippen molar-refractivity contribution in [2.75, 3.05) is 50.7 Å². The summed E-state index contributed by atoms with van der Waals surface area (Å²) in [5, 5.41) is 0. The Morgan fingerprint density at radius 2 is 1.50 bits per heavy atom. The van der Waals surface area contributed by atoms with Crippen LogP contribution in [0.1, 0.15) is 19.3 Å². The molecule has 0 bridgehead atoms. The molecule has 1 saturated carbocycles. The summed E-state index contributed by atoms with van der Waals surface area (Å²) in [4.78, 5) is 22.0. The van der Waals surface area contributed by atoms with Crippen LogP contribution in [0, 0.1) is 5.82 Å². The first-order valence-corrected chi connectivity index (χ1v) is 9.98. The first-order valence-electron chi connectivity index (χ1n) is 9.98. The number of halogens is 1. The molecule has 1 atom stereocenters. The van der Waals surface area contributed by atoms with Crippen molar-refractivity contribution in [1.29, 1.82) is 0 Å². The van der Waals surface area contributed by atoms with Crippen molar-refractivity contribution in [2.24, 2.45) is 0 Å². The van der Waals surface area contributed by atoms with Gasteiger partial charge in [0, 0.05) is 63.6 Å². The second-order valence-electron chi connectivity index (χ2n) is 8.17. The van der Waals surface area contributed by atoms with Crippen LogP contribution in [0.15, 0.2) is 24.3 Å². The second kappa shape index (κ2) is 6.50. The lowest BCUT2D eigenvalue weighted by molar-refractivity contribution is -0.135. The van der Waals surface area contributed by atoms with E-state index in [-0.39, 0.29) is 11.9 Å². The van der Waals surface area contributed by atoms with E-state index in [0.29, 0.717) is 18.0 Å². The van der Waals surface area contributed by atoms with Crippen LogP contribution in [0.3, 0.4) is 0 Å². The number of piperazine rings is 1. The SMILES string of the molecule is O=C1C(N2CC(N3CCN(c4ccc(F)cc4)CC3)C2)CCN1C1CC1. The monoisotopic (exact) mass is 358 g/mol. The third-order valence-corrected chi connectivity index (χ3v) is 6.55. The zero-order chi connectivity index (χ0) is 17.7. The molecule has 1 aromatic carbocycles. The molecule has 5 rings (SSSR count). The molecular weight excluding hydrogens is 331 g/mol. The summed E-state index contributed by atoms with van der Waals surface area (Å²) >= 11 is 0. The largest absolute Gasteiger partial charge is 0.369 e. The van der Waals surface area contributed by atoms with Gasteiger partial charge in [0.15, 0.2) is 0 Å². The van der Waals surface area contributed by atoms with E-state index in [1.165, 1.54) is 25.0 Å². The standard InChI is InChI=1S/C20H27FN4O/c21-15-1-3-16(4-2-15)22-9-11-23(12-10-22)18-13-24(14-18)19-7-8-25(20(19)26)17-5-6-17/h1-4,17-19H,5-14H2. The number of hydrogen-bond acceptors (Lipinski definition) is 4. The fourth-order valence-electron chi connectivity index (χ4n) is 4.74. The molecular formula is C20H27FN4O. The van der Waals surface area contributed by atoms with Gasteiger partial charge in [0.25, 0.3) is 0 Å². The average molecular weight is 358 g/mol. The summed E-state index contributed by atoms with van der Waals surface area (Å²) in [6.45, 7) is 7.09. The first kappa shape index (κ1) is 16.5. The number of likely N-dealkylation sites (tertiary alicyclic amines) is 2. The number of rotatable bonds is 4. The van der Waals surface area contributed by atoms with Crippen molar-refractivity contribution in [3.63, 3.8) is 0 Å². The maximum Gasteiger partial charge on any atom is 0.240 e. The molecule has 3 heterocycles. The predicted octanol–water partition coefficient (Wildman–Crippen LogP) is 1.40. The number of anilines is 1. The molecule has 4 aliphatic rings. The van der Waals surface area contributed by atoms with E-state index in [2.05, 4.69) is 19.6 Å². The summed E-state index contributed by atoms with van der Waals surface area (Å²) in [7, 11) is 0. The molecule has 3 aliphatic heterocycles. The Bertz CT molecular complexity index is 663. The molecule has 1 aromatic rings. The van der Waals surface area contributed by atoms with Gasteiger partial charge in [-0.15, -0.1) is 0 Å². The molecule has 0 radical (unpaired) electrons. The number of carbonyl (C=O) groups is 1. The van der Waals surface area contributed by atoms with Gasteiger partial charge in [0.1, 0.15) is 5.82 Å². The van der Waals surface area contributed by atoms with E-state index in [4.69, 9.17) is 0 Å². The highest BCUT2D eigenvalue weighted by molar-refractivity contribution is 5.84. The van der Waals surface area contributed by atoms with Crippen LogP contribution >= 0.6 is 0 Å². The summed E-state index contributed by atoms with van der Waals surface area (Å²) < 4.78 is 13.1. The minimum Gasteiger partial charge on any atom is -0.369 e. The zero-order valence-corrected chi connectivity index (χ0v) is 15.2. The van der Waals surface area contributed by atoms with Crippen LogP contribution < -0.4 is 4.90 Å². The zero-order valence-electron chi connectivity index (χ0n) is 15.2. The third kappa shape index (κ3) is 2.99. The van der Waals surface area contributed by atoms with E-state index in [1.54, 1.807) is 0 Å². The van der Waals surface area contributed by atoms with Gasteiger partial charge in [-0.25, -0.2) is 4.39 Å². The van der Waals surface area contributed by atoms with Crippen molar-refractivity contribution >= 4 is 11.6 Å². The Morgan fingerprint density at radius 1 is 0.808 bits per heavy atom. The van der Waals surface area contributed by atoms with Gasteiger partial charge in [-0.2, -0.15) is 0 Å². The lowest BCUT2D eigenvalue weighted by atomic mass is 10.0. The minimum atomic E-state index is -0.177. The van der Waals surface area contributed by atoms with Crippen LogP contribution in [0.4, 0.5) is 10.1 Å². The fraction of sp³-hybridized carbons (Fsp3) is 0.650. The molecule has 1 aliphatic carbocycles. The van der Waals surface area contributed by atoms with Gasteiger partial charge in [-0.3, -0.25) is 14.6 Å². The van der Waals surface area contributed by atoms with Crippen molar-refractivity contribution < 1.29 is 9.18 Å². The maximum atomic E-state index is 13.1. The molecule has 0 spiro atoms. The van der Waals surface area contributed by atoms with E-state index in [1.807, 2.05) is 12.1 Å². The predicted molar refractivity (Wildman–Crippen MR) is 98.7 cm³/mol. The Kier molecular flexibility index (Phi) is 4.13. The molecule has 0 N–H and O–H groups in total. The molecule has 5 nitrogen and oxygen atoms in total. The Morgan fingerprint density at radius 3 is 2.15 bits per heavy atom. The van der Waals surface area contributed by atoms with Gasteiger partial charge < -0.3 is 9.80 Å². The molecule has 0 aromatic heterocycles. The summed E-state index contributed by atoms with van der Waals surface area (Å²) in [6, 6.07) is 8.11. The van der Waals surface area contributed by atoms with Crippen LogP contribution in [0.25, 0.3) is 0 Å². The highest BCUT2D eigenvalue weighted by atomic mass is 19.1. The third-order valence-electron chi connectivity index (χ3n) is 6.55. The highest BCUT2D eigenvalue weighted by Crippen LogP contribution is 2.33. The number of nitrogens with zero attached hydrogens (tertiary/aromatic N) is 4. The van der Waals surface area contributed by atoms with E-state index >= 15 is 0 Å². The number of carbonyl (C=O) groups excluding carboxylic acids is 1. The van der Waals surface area contributed by atoms with E-state index < -0.39 is 0 Å². The van der Waals surface area contributed by atoms with Crippen LogP contribution in [0.2, 0.25) is 0 Å². The number of benzene rings is 1. The topological polar surface area (TPSA) is 30.0 Å². The van der Waals surface area contributed by atoms with Gasteiger partial charge in [0.05, 0.1) is 6.04 Å². The minimum absolute atomic E-state index is 0.146. The molecule has 4 fully saturated rings. The van der Waals surface area contributed by atoms with Crippen LogP contribution in [-0.2, 0) is 4.79 Å². The van der Waals surface area contributed by atoms with Gasteiger partial charge in [-0.1, -0.05) is 0 Å². The lowest BCUT2D eigenvalue weighted by Gasteiger charge is -2.50. The highest BCUT2D eigenvalue weighted by Gasteiger charge is 2.46. The number of hydrogen-bond donors (Lipinski definition) is 0.